The molecule has 3 saturated heterocycles. The second kappa shape index (κ2) is 15.5. The molecule has 5 fully saturated rings. The molecular formula is C36H53ClN4O7S. The van der Waals surface area contributed by atoms with E-state index in [1.807, 2.05) is 31.2 Å². The minimum atomic E-state index is -3.26. The molecule has 1 unspecified atom stereocenters. The standard InChI is InChI=1S/C36H53ClN4O7S/c1-36(16-17-36)48-35(44)40-18-14-26(15-19-40)32(25-8-11-28(37)12-9-25)33(39-34(43)47-2)31(42)21-27-6-3-5-24(27)10-13-30-22-38-29-7-4-20-49(45,46)41(30)23-29/h8-9,11-12,24,26-27,29-30,32-33,38H,3-7,10,13-23H2,1-2H3,(H,39,43)/t24-,27-,29-,30+,32+,33+/m1/s1. The van der Waals surface area contributed by atoms with Crippen LogP contribution in [0.25, 0.3) is 0 Å². The van der Waals surface area contributed by atoms with E-state index in [2.05, 4.69) is 10.6 Å². The van der Waals surface area contributed by atoms with Crippen LogP contribution in [0.15, 0.2) is 24.3 Å². The summed E-state index contributed by atoms with van der Waals surface area (Å²) in [5, 5.41) is 7.09. The average molecular weight is 721 g/mol. The summed E-state index contributed by atoms with van der Waals surface area (Å²) < 4.78 is 38.6. The van der Waals surface area contributed by atoms with Gasteiger partial charge in [-0.1, -0.05) is 36.6 Å². The lowest BCUT2D eigenvalue weighted by Crippen LogP contribution is -2.57. The Morgan fingerprint density at radius 1 is 1.02 bits per heavy atom. The zero-order chi connectivity index (χ0) is 34.8. The Labute approximate surface area is 296 Å². The first-order valence-electron chi connectivity index (χ1n) is 18.3. The second-order valence-corrected chi connectivity index (χ2v) is 17.8. The van der Waals surface area contributed by atoms with Crippen molar-refractivity contribution in [2.24, 2.45) is 17.8 Å². The highest BCUT2D eigenvalue weighted by molar-refractivity contribution is 7.89. The molecule has 7 atom stereocenters. The van der Waals surface area contributed by atoms with E-state index in [4.69, 9.17) is 21.1 Å². The molecule has 5 aliphatic rings. The summed E-state index contributed by atoms with van der Waals surface area (Å²) in [6.45, 7) is 4.20. The number of rotatable bonds is 11. The molecule has 2 aliphatic carbocycles. The van der Waals surface area contributed by atoms with Crippen LogP contribution in [-0.4, -0.2) is 98.4 Å². The molecule has 0 spiro atoms. The van der Waals surface area contributed by atoms with Gasteiger partial charge < -0.3 is 25.0 Å². The van der Waals surface area contributed by atoms with Crippen LogP contribution >= 0.6 is 11.6 Å². The van der Waals surface area contributed by atoms with Gasteiger partial charge in [0.05, 0.1) is 18.9 Å². The number of ether oxygens (including phenoxy) is 2. The normalized spacial score (nSPS) is 30.4. The highest BCUT2D eigenvalue weighted by Gasteiger charge is 2.45. The lowest BCUT2D eigenvalue weighted by atomic mass is 9.73. The molecule has 3 heterocycles. The lowest BCUT2D eigenvalue weighted by molar-refractivity contribution is -0.123. The minimum absolute atomic E-state index is 0.0189. The van der Waals surface area contributed by atoms with Crippen LogP contribution in [0.3, 0.4) is 0 Å². The van der Waals surface area contributed by atoms with E-state index in [0.717, 1.165) is 56.9 Å². The van der Waals surface area contributed by atoms with Gasteiger partial charge in [0, 0.05) is 55.6 Å². The van der Waals surface area contributed by atoms with E-state index in [0.29, 0.717) is 62.8 Å². The number of hydrogen-bond acceptors (Lipinski definition) is 8. The predicted molar refractivity (Wildman–Crippen MR) is 187 cm³/mol. The number of sulfonamides is 1. The number of halogens is 1. The smallest absolute Gasteiger partial charge is 0.410 e. The largest absolute Gasteiger partial charge is 0.453 e. The minimum Gasteiger partial charge on any atom is -0.453 e. The fourth-order valence-corrected chi connectivity index (χ4v) is 10.7. The average Bonchev–Trinajstić information content (AvgIpc) is 3.68. The number of benzene rings is 1. The quantitative estimate of drug-likeness (QED) is 0.308. The Morgan fingerprint density at radius 2 is 1.73 bits per heavy atom. The van der Waals surface area contributed by atoms with Gasteiger partial charge >= 0.3 is 12.2 Å². The van der Waals surface area contributed by atoms with Crippen molar-refractivity contribution in [1.82, 2.24) is 19.8 Å². The van der Waals surface area contributed by atoms with Crippen LogP contribution in [0.2, 0.25) is 5.02 Å². The van der Waals surface area contributed by atoms with Gasteiger partial charge in [0.25, 0.3) is 0 Å². The van der Waals surface area contributed by atoms with Crippen molar-refractivity contribution in [1.29, 1.82) is 0 Å². The van der Waals surface area contributed by atoms with E-state index < -0.39 is 22.2 Å². The van der Waals surface area contributed by atoms with Gasteiger partial charge in [-0.05, 0) is 100 Å². The Hall–Kier alpha value is -2.41. The van der Waals surface area contributed by atoms with E-state index in [1.54, 1.807) is 9.21 Å². The topological polar surface area (TPSA) is 134 Å². The van der Waals surface area contributed by atoms with Gasteiger partial charge in [0.1, 0.15) is 5.60 Å². The van der Waals surface area contributed by atoms with Crippen LogP contribution in [0.4, 0.5) is 9.59 Å². The van der Waals surface area contributed by atoms with Crippen molar-refractivity contribution in [2.75, 3.05) is 39.0 Å². The van der Waals surface area contributed by atoms with Crippen LogP contribution in [0, 0.1) is 17.8 Å². The van der Waals surface area contributed by atoms with Gasteiger partial charge in [0.15, 0.2) is 5.78 Å². The van der Waals surface area contributed by atoms with Crippen molar-refractivity contribution in [3.63, 3.8) is 0 Å². The number of piperidine rings is 1. The highest BCUT2D eigenvalue weighted by atomic mass is 35.5. The Balaban J connectivity index is 1.15. The van der Waals surface area contributed by atoms with Crippen LogP contribution in [0.5, 0.6) is 0 Å². The van der Waals surface area contributed by atoms with Crippen molar-refractivity contribution in [3.8, 4) is 0 Å². The van der Waals surface area contributed by atoms with Crippen molar-refractivity contribution in [2.45, 2.75) is 114 Å². The number of hydrogen-bond donors (Lipinski definition) is 2. The summed E-state index contributed by atoms with van der Waals surface area (Å²) in [6.07, 6.45) is 8.67. The van der Waals surface area contributed by atoms with Crippen LogP contribution < -0.4 is 10.6 Å². The summed E-state index contributed by atoms with van der Waals surface area (Å²) in [5.41, 5.74) is 0.566. The lowest BCUT2D eigenvalue weighted by Gasteiger charge is -2.39. The summed E-state index contributed by atoms with van der Waals surface area (Å²) in [6, 6.07) is 6.83. The molecule has 13 heteroatoms. The molecule has 49 heavy (non-hydrogen) atoms. The van der Waals surface area contributed by atoms with Gasteiger partial charge in [-0.3, -0.25) is 4.79 Å². The fourth-order valence-electron chi connectivity index (χ4n) is 8.77. The first-order valence-corrected chi connectivity index (χ1v) is 20.3. The van der Waals surface area contributed by atoms with Crippen molar-refractivity contribution < 1.29 is 32.3 Å². The molecule has 2 bridgehead atoms. The zero-order valence-electron chi connectivity index (χ0n) is 28.9. The molecule has 0 radical (unpaired) electrons. The first kappa shape index (κ1) is 36.4. The number of amides is 2. The van der Waals surface area contributed by atoms with E-state index in [1.165, 1.54) is 7.11 Å². The molecular weight excluding hydrogens is 668 g/mol. The number of carbonyl (C=O) groups excluding carboxylic acids is 3. The maximum atomic E-state index is 14.4. The maximum Gasteiger partial charge on any atom is 0.410 e. The Morgan fingerprint density at radius 3 is 2.43 bits per heavy atom. The molecule has 0 aromatic heterocycles. The fraction of sp³-hybridized carbons (Fsp3) is 0.750. The molecule has 6 rings (SSSR count). The summed E-state index contributed by atoms with van der Waals surface area (Å²) in [7, 11) is -1.95. The summed E-state index contributed by atoms with van der Waals surface area (Å²) in [5.74, 6) is 0.344. The maximum absolute atomic E-state index is 14.4. The Kier molecular flexibility index (Phi) is 11.5. The first-order chi connectivity index (χ1) is 23.4. The molecule has 2 N–H and O–H groups in total. The third-order valence-electron chi connectivity index (χ3n) is 11.9. The number of carbonyl (C=O) groups is 3. The number of ketones is 1. The van der Waals surface area contributed by atoms with Gasteiger partial charge in [-0.25, -0.2) is 18.0 Å². The number of fused-ring (bicyclic) bond motifs is 2. The predicted octanol–water partition coefficient (Wildman–Crippen LogP) is 5.47. The molecule has 2 saturated carbocycles. The third-order valence-corrected chi connectivity index (χ3v) is 14.1. The van der Waals surface area contributed by atoms with Crippen molar-refractivity contribution in [3.05, 3.63) is 34.9 Å². The van der Waals surface area contributed by atoms with Gasteiger partial charge in [-0.15, -0.1) is 0 Å². The summed E-state index contributed by atoms with van der Waals surface area (Å²) >= 11 is 6.28. The number of nitrogens with one attached hydrogen (secondary N) is 2. The molecule has 2 amide bonds. The van der Waals surface area contributed by atoms with E-state index in [-0.39, 0.29) is 53.1 Å². The number of piperazine rings is 1. The highest BCUT2D eigenvalue weighted by Crippen LogP contribution is 2.43. The van der Waals surface area contributed by atoms with Crippen LogP contribution in [-0.2, 0) is 24.3 Å². The molecule has 3 aliphatic heterocycles. The number of likely N-dealkylation sites (tertiary alicyclic amines) is 1. The molecule has 1 aromatic rings. The number of nitrogens with zero attached hydrogens (tertiary/aromatic N) is 2. The van der Waals surface area contributed by atoms with Gasteiger partial charge in [0.2, 0.25) is 10.0 Å². The third kappa shape index (κ3) is 8.91. The van der Waals surface area contributed by atoms with Crippen molar-refractivity contribution >= 4 is 39.6 Å². The SMILES string of the molecule is COC(=O)N[C@@H](C(=O)C[C@H]1CCC[C@@H]1CC[C@H]1CN[C@@H]2CCCS(=O)(=O)N1C2)[C@@H](c1ccc(Cl)cc1)C1CCN(C(=O)OC2(C)CC2)CC1. The summed E-state index contributed by atoms with van der Waals surface area (Å²) in [4.78, 5) is 41.9. The zero-order valence-corrected chi connectivity index (χ0v) is 30.5. The number of alkyl carbamates (subject to hydrolysis) is 1. The van der Waals surface area contributed by atoms with E-state index in [9.17, 15) is 22.8 Å². The van der Waals surface area contributed by atoms with Crippen LogP contribution in [0.1, 0.15) is 95.5 Å². The van der Waals surface area contributed by atoms with E-state index >= 15 is 0 Å². The monoisotopic (exact) mass is 720 g/mol. The second-order valence-electron chi connectivity index (χ2n) is 15.3. The molecule has 1 aromatic carbocycles. The number of methoxy groups -OCH3 is 1. The molecule has 272 valence electrons. The molecule has 11 nitrogen and oxygen atoms in total. The van der Waals surface area contributed by atoms with Gasteiger partial charge in [-0.2, -0.15) is 4.31 Å². The number of Topliss-reactive ketones (excluding diaryl/α,β-unsaturated/α-hetero) is 1. The Bertz CT molecular complexity index is 1450.